The molecule has 0 amide bonds. The van der Waals surface area contributed by atoms with Crippen LogP contribution in [0, 0.1) is 0 Å². The van der Waals surface area contributed by atoms with Crippen molar-refractivity contribution in [1.82, 2.24) is 0 Å². The molecular weight excluding hydrogens is 244 g/mol. The summed E-state index contributed by atoms with van der Waals surface area (Å²) in [5, 5.41) is 0. The molecule has 0 spiro atoms. The molecule has 1 nitrogen and oxygen atoms in total. The predicted octanol–water partition coefficient (Wildman–Crippen LogP) is -1.06. The Kier molecular flexibility index (Phi) is 8.33. The summed E-state index contributed by atoms with van der Waals surface area (Å²) in [6.45, 7) is 6.59. The summed E-state index contributed by atoms with van der Waals surface area (Å²) in [5.74, 6) is 0. The van der Waals surface area contributed by atoms with Gasteiger partial charge in [0.1, 0.15) is 0 Å². The molecule has 58 valence electrons. The third kappa shape index (κ3) is 4.51. The molecule has 0 saturated carbocycles. The highest BCUT2D eigenvalue weighted by molar-refractivity contribution is 7.73. The zero-order valence-corrected chi connectivity index (χ0v) is 9.58. The second-order valence-electron chi connectivity index (χ2n) is 2.17. The lowest BCUT2D eigenvalue weighted by atomic mass is 10.9. The van der Waals surface area contributed by atoms with Gasteiger partial charge in [-0.2, -0.15) is 0 Å². The van der Waals surface area contributed by atoms with Gasteiger partial charge in [0, 0.05) is 0 Å². The minimum atomic E-state index is -0.912. The van der Waals surface area contributed by atoms with Gasteiger partial charge in [0.2, 0.25) is 0 Å². The molecule has 9 heavy (non-hydrogen) atoms. The first-order chi connectivity index (χ1) is 3.68. The number of halogens is 1. The highest BCUT2D eigenvalue weighted by Gasteiger charge is 2.24. The summed E-state index contributed by atoms with van der Waals surface area (Å²) in [6, 6.07) is 0. The molecule has 0 aliphatic heterocycles. The van der Waals surface area contributed by atoms with Crippen molar-refractivity contribution in [3.05, 3.63) is 0 Å². The molecule has 0 bridgehead atoms. The fourth-order valence-electron chi connectivity index (χ4n) is 0.671. The molecule has 0 aromatic heterocycles. The number of hydrogen-bond acceptors (Lipinski definition) is 1. The van der Waals surface area contributed by atoms with Crippen LogP contribution in [0.4, 0.5) is 0 Å². The van der Waals surface area contributed by atoms with Crippen LogP contribution in [0.1, 0.15) is 20.8 Å². The molecule has 0 atom stereocenters. The molecule has 0 aliphatic rings. The van der Waals surface area contributed by atoms with Gasteiger partial charge in [0.25, 0.3) is 0 Å². The van der Waals surface area contributed by atoms with Crippen molar-refractivity contribution in [1.29, 1.82) is 0 Å². The molecule has 0 rings (SSSR count). The molecule has 0 aromatic rings. The molecular formula is C6H17INP. The smallest absolute Gasteiger partial charge is 0.0761 e. The summed E-state index contributed by atoms with van der Waals surface area (Å²) < 4.78 is 0. The quantitative estimate of drug-likeness (QED) is 0.509. The van der Waals surface area contributed by atoms with Gasteiger partial charge in [-0.25, -0.2) is 5.50 Å². The van der Waals surface area contributed by atoms with Gasteiger partial charge in [-0.05, 0) is 20.8 Å². The van der Waals surface area contributed by atoms with Crippen molar-refractivity contribution in [2.45, 2.75) is 20.8 Å². The zero-order valence-electron chi connectivity index (χ0n) is 6.52. The van der Waals surface area contributed by atoms with Crippen LogP contribution in [0.15, 0.2) is 0 Å². The fourth-order valence-corrected chi connectivity index (χ4v) is 2.01. The monoisotopic (exact) mass is 261 g/mol. The van der Waals surface area contributed by atoms with Gasteiger partial charge in [-0.1, -0.05) is 0 Å². The van der Waals surface area contributed by atoms with E-state index in [1.165, 1.54) is 18.5 Å². The lowest BCUT2D eigenvalue weighted by Crippen LogP contribution is -3.00. The Morgan fingerprint density at radius 1 is 1.00 bits per heavy atom. The molecule has 0 fully saturated rings. The normalized spacial score (nSPS) is 10.7. The van der Waals surface area contributed by atoms with Crippen molar-refractivity contribution in [2.24, 2.45) is 5.50 Å². The van der Waals surface area contributed by atoms with Gasteiger partial charge in [0.05, 0.1) is 25.9 Å². The lowest BCUT2D eigenvalue weighted by molar-refractivity contribution is -0.00000211. The maximum atomic E-state index is 6.01. The average Bonchev–Trinajstić information content (AvgIpc) is 1.87. The van der Waals surface area contributed by atoms with Crippen LogP contribution in [0.5, 0.6) is 0 Å². The van der Waals surface area contributed by atoms with Crippen LogP contribution >= 0.6 is 7.41 Å². The van der Waals surface area contributed by atoms with E-state index >= 15 is 0 Å². The maximum absolute atomic E-state index is 6.01. The molecule has 0 heterocycles. The first kappa shape index (κ1) is 12.8. The zero-order chi connectivity index (χ0) is 6.62. The highest BCUT2D eigenvalue weighted by atomic mass is 127. The second-order valence-corrected chi connectivity index (χ2v) is 6.50. The van der Waals surface area contributed by atoms with Gasteiger partial charge < -0.3 is 24.0 Å². The number of hydrogen-bond donors (Lipinski definition) is 1. The van der Waals surface area contributed by atoms with Gasteiger partial charge in [-0.3, -0.25) is 0 Å². The Morgan fingerprint density at radius 3 is 1.22 bits per heavy atom. The molecule has 0 saturated heterocycles. The molecule has 2 N–H and O–H groups in total. The van der Waals surface area contributed by atoms with Gasteiger partial charge in [-0.15, -0.1) is 0 Å². The summed E-state index contributed by atoms with van der Waals surface area (Å²) in [4.78, 5) is 0. The number of nitrogens with two attached hydrogens (primary N) is 1. The van der Waals surface area contributed by atoms with Crippen molar-refractivity contribution in [3.63, 3.8) is 0 Å². The summed E-state index contributed by atoms with van der Waals surface area (Å²) in [6.07, 6.45) is 3.62. The summed E-state index contributed by atoms with van der Waals surface area (Å²) >= 11 is 0. The van der Waals surface area contributed by atoms with Crippen molar-refractivity contribution in [2.75, 3.05) is 18.5 Å². The predicted molar refractivity (Wildman–Crippen MR) is 42.7 cm³/mol. The number of rotatable bonds is 3. The van der Waals surface area contributed by atoms with E-state index in [1.807, 2.05) is 0 Å². The lowest BCUT2D eigenvalue weighted by Gasteiger charge is -2.15. The van der Waals surface area contributed by atoms with E-state index < -0.39 is 7.41 Å². The molecule has 3 heteroatoms. The highest BCUT2D eigenvalue weighted by Crippen LogP contribution is 2.48. The van der Waals surface area contributed by atoms with E-state index in [1.54, 1.807) is 0 Å². The minimum Gasteiger partial charge on any atom is -1.00 e. The Bertz CT molecular complexity index is 55.8. The second kappa shape index (κ2) is 5.87. The van der Waals surface area contributed by atoms with Crippen LogP contribution < -0.4 is 29.5 Å². The minimum absolute atomic E-state index is 0. The van der Waals surface area contributed by atoms with Gasteiger partial charge in [0.15, 0.2) is 0 Å². The maximum Gasteiger partial charge on any atom is 0.0761 e. The largest absolute Gasteiger partial charge is 1.00 e. The van der Waals surface area contributed by atoms with Crippen LogP contribution in [0.2, 0.25) is 0 Å². The SMILES string of the molecule is CC[P+](N)(CC)CC.[I-]. The van der Waals surface area contributed by atoms with Crippen LogP contribution in [-0.2, 0) is 0 Å². The molecule has 0 unspecified atom stereocenters. The molecule has 0 aliphatic carbocycles. The Hall–Kier alpha value is 1.12. The Labute approximate surface area is 76.2 Å². The van der Waals surface area contributed by atoms with E-state index in [9.17, 15) is 0 Å². The third-order valence-corrected chi connectivity index (χ3v) is 5.67. The van der Waals surface area contributed by atoms with E-state index in [4.69, 9.17) is 5.50 Å². The summed E-state index contributed by atoms with van der Waals surface area (Å²) in [7, 11) is -0.912. The van der Waals surface area contributed by atoms with Crippen molar-refractivity contribution >= 4 is 7.41 Å². The topological polar surface area (TPSA) is 26.0 Å². The van der Waals surface area contributed by atoms with Crippen LogP contribution in [0.3, 0.4) is 0 Å². The van der Waals surface area contributed by atoms with E-state index in [0.29, 0.717) is 0 Å². The van der Waals surface area contributed by atoms with Gasteiger partial charge >= 0.3 is 0 Å². The molecule has 0 aromatic carbocycles. The summed E-state index contributed by atoms with van der Waals surface area (Å²) in [5.41, 5.74) is 6.01. The van der Waals surface area contributed by atoms with E-state index in [-0.39, 0.29) is 24.0 Å². The van der Waals surface area contributed by atoms with Crippen molar-refractivity contribution < 1.29 is 24.0 Å². The first-order valence-electron chi connectivity index (χ1n) is 3.33. The van der Waals surface area contributed by atoms with Crippen molar-refractivity contribution in [3.8, 4) is 0 Å². The average molecular weight is 261 g/mol. The first-order valence-corrected chi connectivity index (χ1v) is 5.74. The van der Waals surface area contributed by atoms with Crippen LogP contribution in [-0.4, -0.2) is 18.5 Å². The standard InChI is InChI=1S/C6H17NP.HI/c1-4-8(7,5-2)6-3;/h4-7H2,1-3H3;1H/q+1;/p-1. The Morgan fingerprint density at radius 2 is 1.22 bits per heavy atom. The fraction of sp³-hybridized carbons (Fsp3) is 1.00. The Balaban J connectivity index is 0. The van der Waals surface area contributed by atoms with E-state index in [0.717, 1.165) is 0 Å². The third-order valence-electron chi connectivity index (χ3n) is 1.89. The van der Waals surface area contributed by atoms with Crippen LogP contribution in [0.25, 0.3) is 0 Å². The van der Waals surface area contributed by atoms with E-state index in [2.05, 4.69) is 20.8 Å². The molecule has 0 radical (unpaired) electrons.